The molecule has 0 radical (unpaired) electrons. The van der Waals surface area contributed by atoms with Gasteiger partial charge in [-0.15, -0.1) is 0 Å². The Morgan fingerprint density at radius 2 is 1.79 bits per heavy atom. The van der Waals surface area contributed by atoms with Crippen LogP contribution in [0.2, 0.25) is 5.02 Å². The van der Waals surface area contributed by atoms with Gasteiger partial charge in [0.15, 0.2) is 0 Å². The third-order valence-corrected chi connectivity index (χ3v) is 5.72. The van der Waals surface area contributed by atoms with Crippen molar-refractivity contribution in [1.82, 2.24) is 0 Å². The summed E-state index contributed by atoms with van der Waals surface area (Å²) in [6.45, 7) is 2.11. The molecule has 1 aliphatic rings. The maximum Gasteiger partial charge on any atom is 0.300 e. The topological polar surface area (TPSA) is 90.6 Å². The van der Waals surface area contributed by atoms with E-state index >= 15 is 0 Å². The molecular formula is C26H18ClFN2O4. The van der Waals surface area contributed by atoms with Gasteiger partial charge in [-0.2, -0.15) is 5.26 Å². The first kappa shape index (κ1) is 23.0. The predicted molar refractivity (Wildman–Crippen MR) is 125 cm³/mol. The van der Waals surface area contributed by atoms with Crippen LogP contribution < -0.4 is 9.64 Å². The molecule has 0 spiro atoms. The van der Waals surface area contributed by atoms with Crippen molar-refractivity contribution < 1.29 is 23.8 Å². The van der Waals surface area contributed by atoms with Gasteiger partial charge < -0.3 is 9.84 Å². The molecule has 1 amide bonds. The molecule has 1 unspecified atom stereocenters. The number of Topliss-reactive ketones (excluding diaryl/α,β-unsaturated/α-hetero) is 1. The van der Waals surface area contributed by atoms with Gasteiger partial charge in [0.25, 0.3) is 11.7 Å². The number of rotatable bonds is 5. The summed E-state index contributed by atoms with van der Waals surface area (Å²) in [5.74, 6) is -2.35. The second-order valence-electron chi connectivity index (χ2n) is 7.46. The van der Waals surface area contributed by atoms with Crippen LogP contribution in [0.25, 0.3) is 5.76 Å². The van der Waals surface area contributed by atoms with E-state index < -0.39 is 29.3 Å². The van der Waals surface area contributed by atoms with E-state index in [1.165, 1.54) is 71.6 Å². The Labute approximate surface area is 200 Å². The number of amides is 1. The zero-order valence-corrected chi connectivity index (χ0v) is 18.7. The maximum absolute atomic E-state index is 13.6. The fraction of sp³-hybridized carbons (Fsp3) is 0.115. The van der Waals surface area contributed by atoms with Crippen LogP contribution in [0.15, 0.2) is 72.3 Å². The van der Waals surface area contributed by atoms with Crippen LogP contribution in [0.1, 0.15) is 29.7 Å². The van der Waals surface area contributed by atoms with E-state index in [0.717, 1.165) is 0 Å². The minimum Gasteiger partial charge on any atom is -0.507 e. The summed E-state index contributed by atoms with van der Waals surface area (Å²) in [6.07, 6.45) is 0. The molecular weight excluding hydrogens is 459 g/mol. The Hall–Kier alpha value is -4.15. The van der Waals surface area contributed by atoms with Crippen molar-refractivity contribution in [1.29, 1.82) is 5.26 Å². The van der Waals surface area contributed by atoms with E-state index in [2.05, 4.69) is 0 Å². The van der Waals surface area contributed by atoms with E-state index in [0.29, 0.717) is 34.2 Å². The van der Waals surface area contributed by atoms with E-state index in [9.17, 15) is 19.1 Å². The number of carbonyl (C=O) groups excluding carboxylic acids is 2. The van der Waals surface area contributed by atoms with Crippen molar-refractivity contribution >= 4 is 34.7 Å². The van der Waals surface area contributed by atoms with Crippen molar-refractivity contribution in [3.8, 4) is 11.8 Å². The third kappa shape index (κ3) is 4.12. The number of nitriles is 1. The Bertz CT molecular complexity index is 1340. The molecule has 4 rings (SSSR count). The smallest absolute Gasteiger partial charge is 0.300 e. The molecule has 1 saturated heterocycles. The highest BCUT2D eigenvalue weighted by molar-refractivity contribution is 6.51. The lowest BCUT2D eigenvalue weighted by molar-refractivity contribution is -0.132. The number of aliphatic hydroxyl groups is 1. The Balaban J connectivity index is 1.92. The first-order valence-electron chi connectivity index (χ1n) is 10.3. The molecule has 8 heteroatoms. The van der Waals surface area contributed by atoms with Crippen molar-refractivity contribution in [2.24, 2.45) is 0 Å². The first-order valence-corrected chi connectivity index (χ1v) is 10.7. The Kier molecular flexibility index (Phi) is 6.35. The summed E-state index contributed by atoms with van der Waals surface area (Å²) in [7, 11) is 0. The van der Waals surface area contributed by atoms with Crippen molar-refractivity contribution in [3.05, 3.63) is 99.8 Å². The minimum atomic E-state index is -1.03. The van der Waals surface area contributed by atoms with Crippen LogP contribution in [0, 0.1) is 17.1 Å². The van der Waals surface area contributed by atoms with Crippen LogP contribution in [-0.2, 0) is 9.59 Å². The average Bonchev–Trinajstić information content (AvgIpc) is 3.11. The summed E-state index contributed by atoms with van der Waals surface area (Å²) >= 11 is 6.15. The van der Waals surface area contributed by atoms with Gasteiger partial charge in [-0.25, -0.2) is 4.39 Å². The number of anilines is 1. The van der Waals surface area contributed by atoms with Gasteiger partial charge in [0.1, 0.15) is 17.3 Å². The van der Waals surface area contributed by atoms with Crippen molar-refractivity contribution in [3.63, 3.8) is 0 Å². The van der Waals surface area contributed by atoms with E-state index in [-0.39, 0.29) is 11.1 Å². The van der Waals surface area contributed by atoms with Gasteiger partial charge in [-0.1, -0.05) is 23.7 Å². The maximum atomic E-state index is 13.6. The Morgan fingerprint density at radius 3 is 2.41 bits per heavy atom. The van der Waals surface area contributed by atoms with Crippen LogP contribution in [0.4, 0.5) is 10.1 Å². The summed E-state index contributed by atoms with van der Waals surface area (Å²) < 4.78 is 19.1. The summed E-state index contributed by atoms with van der Waals surface area (Å²) in [4.78, 5) is 27.5. The average molecular weight is 477 g/mol. The van der Waals surface area contributed by atoms with Gasteiger partial charge >= 0.3 is 0 Å². The number of hydrogen-bond acceptors (Lipinski definition) is 5. The van der Waals surface area contributed by atoms with E-state index in [1.807, 2.05) is 6.07 Å². The monoisotopic (exact) mass is 476 g/mol. The standard InChI is InChI=1S/C26H18ClFN2O4/c1-2-34-21-13-17(7-12-20(21)27)24(31)22-23(16-5-8-18(28)9-6-16)30(26(33)25(22)32)19-10-3-15(14-29)4-11-19/h3-13,23,31H,2H2,1H3/b24-22-. The quantitative estimate of drug-likeness (QED) is 0.303. The second kappa shape index (κ2) is 9.38. The largest absolute Gasteiger partial charge is 0.507 e. The van der Waals surface area contributed by atoms with Gasteiger partial charge in [-0.05, 0) is 67.1 Å². The van der Waals surface area contributed by atoms with Crippen molar-refractivity contribution in [2.75, 3.05) is 11.5 Å². The van der Waals surface area contributed by atoms with Gasteiger partial charge in [-0.3, -0.25) is 14.5 Å². The van der Waals surface area contributed by atoms with Crippen LogP contribution in [0.3, 0.4) is 0 Å². The van der Waals surface area contributed by atoms with Gasteiger partial charge in [0.2, 0.25) is 0 Å². The van der Waals surface area contributed by atoms with Crippen LogP contribution in [0.5, 0.6) is 5.75 Å². The van der Waals surface area contributed by atoms with Gasteiger partial charge in [0, 0.05) is 11.3 Å². The Morgan fingerprint density at radius 1 is 1.12 bits per heavy atom. The third-order valence-electron chi connectivity index (χ3n) is 5.41. The fourth-order valence-electron chi connectivity index (χ4n) is 3.83. The fourth-order valence-corrected chi connectivity index (χ4v) is 4.00. The van der Waals surface area contributed by atoms with Crippen LogP contribution in [-0.4, -0.2) is 23.4 Å². The molecule has 1 atom stereocenters. The molecule has 34 heavy (non-hydrogen) atoms. The normalized spacial score (nSPS) is 17.0. The molecule has 1 N–H and O–H groups in total. The predicted octanol–water partition coefficient (Wildman–Crippen LogP) is 5.38. The molecule has 0 bridgehead atoms. The second-order valence-corrected chi connectivity index (χ2v) is 7.86. The molecule has 1 fully saturated rings. The van der Waals surface area contributed by atoms with E-state index in [1.54, 1.807) is 6.92 Å². The SMILES string of the molecule is CCOc1cc(/C(O)=C2/C(=O)C(=O)N(c3ccc(C#N)cc3)C2c2ccc(F)cc2)ccc1Cl. The first-order chi connectivity index (χ1) is 16.3. The number of nitrogens with zero attached hydrogens (tertiary/aromatic N) is 2. The molecule has 0 saturated carbocycles. The number of carbonyl (C=O) groups is 2. The molecule has 0 aliphatic carbocycles. The zero-order chi connectivity index (χ0) is 24.4. The van der Waals surface area contributed by atoms with Gasteiger partial charge in [0.05, 0.1) is 34.9 Å². The van der Waals surface area contributed by atoms with E-state index in [4.69, 9.17) is 21.6 Å². The highest BCUT2D eigenvalue weighted by Crippen LogP contribution is 2.42. The molecule has 170 valence electrons. The molecule has 0 aromatic heterocycles. The summed E-state index contributed by atoms with van der Waals surface area (Å²) in [6, 6.07) is 16.9. The summed E-state index contributed by atoms with van der Waals surface area (Å²) in [5, 5.41) is 20.6. The van der Waals surface area contributed by atoms with Crippen molar-refractivity contribution in [2.45, 2.75) is 13.0 Å². The molecule has 6 nitrogen and oxygen atoms in total. The number of benzene rings is 3. The highest BCUT2D eigenvalue weighted by atomic mass is 35.5. The number of halogens is 2. The molecule has 1 aliphatic heterocycles. The number of hydrogen-bond donors (Lipinski definition) is 1. The lowest BCUT2D eigenvalue weighted by Gasteiger charge is -2.25. The van der Waals surface area contributed by atoms with Crippen LogP contribution >= 0.6 is 11.6 Å². The molecule has 3 aromatic carbocycles. The molecule has 3 aromatic rings. The molecule has 1 heterocycles. The summed E-state index contributed by atoms with van der Waals surface area (Å²) in [5.41, 5.74) is 1.22. The number of ketones is 1. The minimum absolute atomic E-state index is 0.161. The lowest BCUT2D eigenvalue weighted by atomic mass is 9.95. The number of aliphatic hydroxyl groups excluding tert-OH is 1. The highest BCUT2D eigenvalue weighted by Gasteiger charge is 2.47. The number of ether oxygens (including phenoxy) is 1. The lowest BCUT2D eigenvalue weighted by Crippen LogP contribution is -2.29. The zero-order valence-electron chi connectivity index (χ0n) is 18.0.